The second-order valence-electron chi connectivity index (χ2n) is 30.2. The van der Waals surface area contributed by atoms with E-state index in [1.54, 1.807) is 5.56 Å². The van der Waals surface area contributed by atoms with Crippen LogP contribution in [0, 0.1) is 0 Å². The first-order valence-electron chi connectivity index (χ1n) is 30.2. The van der Waals surface area contributed by atoms with Crippen LogP contribution in [-0.2, 0) is 32.5 Å². The maximum absolute atomic E-state index is 2.94. The minimum Gasteiger partial charge on any atom is -0.335 e. The van der Waals surface area contributed by atoms with Crippen molar-refractivity contribution in [3.8, 4) is 11.1 Å². The van der Waals surface area contributed by atoms with Gasteiger partial charge in [0.25, 0.3) is 6.71 Å². The molecule has 2 atom stereocenters. The minimum atomic E-state index is -0.175. The molecule has 0 amide bonds. The van der Waals surface area contributed by atoms with E-state index in [9.17, 15) is 0 Å². The third kappa shape index (κ3) is 8.31. The molecule has 81 heavy (non-hydrogen) atoms. The molecule has 1 aromatic heterocycles. The Morgan fingerprint density at radius 2 is 1.00 bits per heavy atom. The van der Waals surface area contributed by atoms with Gasteiger partial charge in [0.1, 0.15) is 0 Å². The van der Waals surface area contributed by atoms with Crippen molar-refractivity contribution in [1.29, 1.82) is 0 Å². The first-order chi connectivity index (χ1) is 38.1. The number of benzene rings is 8. The first kappa shape index (κ1) is 53.7. The molecule has 4 heterocycles. The van der Waals surface area contributed by atoms with Gasteiger partial charge in [-0.15, -0.1) is 11.3 Å². The van der Waals surface area contributed by atoms with E-state index < -0.39 is 0 Å². The summed E-state index contributed by atoms with van der Waals surface area (Å²) >= 11 is 2.01. The lowest BCUT2D eigenvalue weighted by Crippen LogP contribution is -2.64. The highest BCUT2D eigenvalue weighted by atomic mass is 32.1. The van der Waals surface area contributed by atoms with Gasteiger partial charge >= 0.3 is 0 Å². The molecule has 1 aliphatic carbocycles. The van der Waals surface area contributed by atoms with E-state index in [0.29, 0.717) is 0 Å². The lowest BCUT2D eigenvalue weighted by atomic mass is 9.33. The SMILES string of the molecule is CC(C)(C)c1ccc(N(c2ccc(C(C)(C)C)cc2)c2cc3c4c(c2)N2c5c(cc(C(C)(C)C)cc5C5(C)CCCCC25C)B4c2c(ccc4c2sc2ccc(C(C)(C)C)cc24)N3c2ccc(C(C)(C)C)cc2-c2ccccc2)cc1. The topological polar surface area (TPSA) is 9.72 Å². The van der Waals surface area contributed by atoms with Crippen LogP contribution in [-0.4, -0.2) is 12.3 Å². The maximum atomic E-state index is 2.94. The van der Waals surface area contributed by atoms with Crippen molar-refractivity contribution >= 4 is 100 Å². The van der Waals surface area contributed by atoms with Crippen molar-refractivity contribution in [3.05, 3.63) is 185 Å². The van der Waals surface area contributed by atoms with E-state index in [0.717, 1.165) is 23.5 Å². The fraction of sp³-hybridized carbons (Fsp3) is 0.368. The average molecular weight is 1080 g/mol. The molecule has 13 rings (SSSR count). The highest BCUT2D eigenvalue weighted by molar-refractivity contribution is 7.28. The van der Waals surface area contributed by atoms with E-state index in [4.69, 9.17) is 0 Å². The number of nitrogens with zero attached hydrogens (tertiary/aromatic N) is 3. The van der Waals surface area contributed by atoms with Crippen LogP contribution in [0.2, 0.25) is 0 Å². The zero-order chi connectivity index (χ0) is 57.3. The van der Waals surface area contributed by atoms with Crippen molar-refractivity contribution in [2.75, 3.05) is 14.7 Å². The smallest absolute Gasteiger partial charge is 0.254 e. The van der Waals surface area contributed by atoms with Crippen molar-refractivity contribution < 1.29 is 0 Å². The summed E-state index contributed by atoms with van der Waals surface area (Å²) in [5.41, 5.74) is 24.8. The predicted octanol–water partition coefficient (Wildman–Crippen LogP) is 20.0. The Balaban J connectivity index is 1.21. The van der Waals surface area contributed by atoms with Crippen LogP contribution in [0.5, 0.6) is 0 Å². The van der Waals surface area contributed by atoms with Crippen LogP contribution in [0.15, 0.2) is 152 Å². The fourth-order valence-corrected chi connectivity index (χ4v) is 15.9. The van der Waals surface area contributed by atoms with Crippen molar-refractivity contribution in [1.82, 2.24) is 0 Å². The van der Waals surface area contributed by atoms with Gasteiger partial charge in [-0.25, -0.2) is 0 Å². The molecule has 1 fully saturated rings. The number of thiophene rings is 1. The molecule has 1 saturated carbocycles. The molecular weight excluding hydrogens is 998 g/mol. The Morgan fingerprint density at radius 3 is 1.60 bits per heavy atom. The van der Waals surface area contributed by atoms with Crippen molar-refractivity contribution in [2.24, 2.45) is 0 Å². The molecule has 5 heteroatoms. The molecular formula is C76H84BN3S. The second-order valence-corrected chi connectivity index (χ2v) is 31.3. The molecule has 0 saturated heterocycles. The highest BCUT2D eigenvalue weighted by Crippen LogP contribution is 2.63. The fourth-order valence-electron chi connectivity index (χ4n) is 14.6. The van der Waals surface area contributed by atoms with Crippen molar-refractivity contribution in [2.45, 2.75) is 181 Å². The van der Waals surface area contributed by atoms with E-state index in [1.807, 2.05) is 11.3 Å². The summed E-state index contributed by atoms with van der Waals surface area (Å²) in [5.74, 6) is 0. The van der Waals surface area contributed by atoms with Crippen molar-refractivity contribution in [3.63, 3.8) is 0 Å². The molecule has 3 aliphatic heterocycles. The number of anilines is 8. The molecule has 0 N–H and O–H groups in total. The monoisotopic (exact) mass is 1080 g/mol. The summed E-state index contributed by atoms with van der Waals surface area (Å²) in [6, 6.07) is 60.4. The van der Waals surface area contributed by atoms with Gasteiger partial charge in [-0.1, -0.05) is 209 Å². The predicted molar refractivity (Wildman–Crippen MR) is 355 cm³/mol. The Morgan fingerprint density at radius 1 is 0.457 bits per heavy atom. The normalized spacial score (nSPS) is 18.8. The van der Waals surface area contributed by atoms with Crippen LogP contribution in [0.25, 0.3) is 31.3 Å². The van der Waals surface area contributed by atoms with E-state index in [1.165, 1.54) is 123 Å². The van der Waals surface area contributed by atoms with Gasteiger partial charge in [0.05, 0.1) is 16.9 Å². The van der Waals surface area contributed by atoms with Gasteiger partial charge in [0, 0.05) is 59.9 Å². The Kier molecular flexibility index (Phi) is 11.9. The summed E-state index contributed by atoms with van der Waals surface area (Å²) in [5, 5.41) is 2.72. The number of fused-ring (bicyclic) bond motifs is 11. The number of hydrogen-bond acceptors (Lipinski definition) is 4. The summed E-state index contributed by atoms with van der Waals surface area (Å²) in [7, 11) is 0. The summed E-state index contributed by atoms with van der Waals surface area (Å²) in [4.78, 5) is 8.24. The first-order valence-corrected chi connectivity index (χ1v) is 31.1. The molecule has 8 aromatic carbocycles. The Hall–Kier alpha value is -6.56. The third-order valence-corrected chi connectivity index (χ3v) is 21.0. The van der Waals surface area contributed by atoms with E-state index in [-0.39, 0.29) is 44.7 Å². The molecule has 2 unspecified atom stereocenters. The zero-order valence-electron chi connectivity index (χ0n) is 51.6. The standard InChI is InChI=1S/C76H84BN3S/c1-70(2,3)48-25-31-53(32-26-48)78(54-33-27-49(28-34-54)71(4,5)6)55-45-63-66-64(46-55)80-68-59(75(16)39-21-22-40-76(75,80)17)43-52(74(13,14)15)44-60(68)77(66)67-62(37-35-56-58-42-51(73(10,11)12)30-38-65(58)81-69(56)67)79(63)61-36-29-50(72(7,8)9)41-57(61)47-23-19-18-20-24-47/h18-20,23-38,41-46H,21-22,39-40H2,1-17H3. The Bertz CT molecular complexity index is 3940. The molecule has 412 valence electrons. The van der Waals surface area contributed by atoms with E-state index >= 15 is 0 Å². The van der Waals surface area contributed by atoms with Crippen LogP contribution in [0.1, 0.15) is 177 Å². The largest absolute Gasteiger partial charge is 0.335 e. The van der Waals surface area contributed by atoms with Gasteiger partial charge in [0.15, 0.2) is 0 Å². The molecule has 0 radical (unpaired) electrons. The second kappa shape index (κ2) is 18.0. The quantitative estimate of drug-likeness (QED) is 0.159. The zero-order valence-corrected chi connectivity index (χ0v) is 52.4. The van der Waals surface area contributed by atoms with Crippen LogP contribution in [0.3, 0.4) is 0 Å². The number of rotatable bonds is 5. The third-order valence-electron chi connectivity index (χ3n) is 19.8. The van der Waals surface area contributed by atoms with Gasteiger partial charge < -0.3 is 14.7 Å². The Labute approximate surface area is 489 Å². The van der Waals surface area contributed by atoms with Gasteiger partial charge in [0.2, 0.25) is 0 Å². The summed E-state index contributed by atoms with van der Waals surface area (Å²) < 4.78 is 2.74. The van der Waals surface area contributed by atoms with Gasteiger partial charge in [-0.05, 0) is 174 Å². The van der Waals surface area contributed by atoms with Gasteiger partial charge in [-0.2, -0.15) is 0 Å². The molecule has 3 nitrogen and oxygen atoms in total. The molecule has 9 aromatic rings. The molecule has 4 aliphatic rings. The van der Waals surface area contributed by atoms with Crippen LogP contribution in [0.4, 0.5) is 45.5 Å². The van der Waals surface area contributed by atoms with Crippen LogP contribution >= 0.6 is 11.3 Å². The highest BCUT2D eigenvalue weighted by Gasteiger charge is 2.62. The lowest BCUT2D eigenvalue weighted by molar-refractivity contribution is 0.195. The van der Waals surface area contributed by atoms with E-state index in [2.05, 4.69) is 284 Å². The minimum absolute atomic E-state index is 0.0140. The summed E-state index contributed by atoms with van der Waals surface area (Å²) in [6.07, 6.45) is 4.74. The van der Waals surface area contributed by atoms with Crippen LogP contribution < -0.4 is 31.1 Å². The lowest BCUT2D eigenvalue weighted by Gasteiger charge is -2.53. The van der Waals surface area contributed by atoms with Gasteiger partial charge in [-0.3, -0.25) is 0 Å². The molecule has 0 spiro atoms. The molecule has 0 bridgehead atoms. The average Bonchev–Trinajstić information content (AvgIpc) is 2.66. The summed E-state index contributed by atoms with van der Waals surface area (Å²) in [6.45, 7) is 40.6. The maximum Gasteiger partial charge on any atom is 0.254 e. The number of hydrogen-bond donors (Lipinski definition) is 0.